The number of hydrazone groups is 1. The van der Waals surface area contributed by atoms with E-state index >= 15 is 0 Å². The SMILES string of the molecule is CCN=C(c1ccc(Cl)cc1)N1CCCc2cc(C3=NNC(=O)SC3(C)C)ccc21. The Bertz CT molecular complexity index is 1030. The van der Waals surface area contributed by atoms with Crippen molar-refractivity contribution in [3.05, 3.63) is 64.2 Å². The van der Waals surface area contributed by atoms with Crippen molar-refractivity contribution in [3.8, 4) is 0 Å². The highest BCUT2D eigenvalue weighted by molar-refractivity contribution is 8.15. The minimum absolute atomic E-state index is 0.115. The van der Waals surface area contributed by atoms with Gasteiger partial charge in [0.05, 0.1) is 10.5 Å². The van der Waals surface area contributed by atoms with Crippen molar-refractivity contribution < 1.29 is 4.79 Å². The molecule has 0 fully saturated rings. The van der Waals surface area contributed by atoms with Crippen molar-refractivity contribution in [3.63, 3.8) is 0 Å². The molecule has 0 saturated carbocycles. The third-order valence-corrected chi connectivity index (χ3v) is 6.55. The van der Waals surface area contributed by atoms with Crippen LogP contribution in [0.5, 0.6) is 0 Å². The standard InChI is InChI=1S/C23H25ClN4OS/c1-4-25-21(15-7-10-18(24)11-8-15)28-13-5-6-16-14-17(9-12-19(16)28)20-23(2,3)30-22(29)27-26-20/h7-12,14H,4-6,13H2,1-3H3,(H,27,29). The smallest absolute Gasteiger partial charge is 0.300 e. The summed E-state index contributed by atoms with van der Waals surface area (Å²) in [5, 5.41) is 4.98. The number of halogens is 1. The van der Waals surface area contributed by atoms with Crippen LogP contribution in [0.25, 0.3) is 0 Å². The van der Waals surface area contributed by atoms with E-state index in [4.69, 9.17) is 16.6 Å². The first kappa shape index (κ1) is 20.9. The molecule has 7 heteroatoms. The van der Waals surface area contributed by atoms with Gasteiger partial charge in [-0.3, -0.25) is 9.79 Å². The number of aliphatic imine (C=N–C) groups is 1. The van der Waals surface area contributed by atoms with Gasteiger partial charge >= 0.3 is 0 Å². The Morgan fingerprint density at radius 3 is 2.73 bits per heavy atom. The third-order valence-electron chi connectivity index (χ3n) is 5.31. The van der Waals surface area contributed by atoms with Crippen LogP contribution in [-0.4, -0.2) is 34.6 Å². The summed E-state index contributed by atoms with van der Waals surface area (Å²) in [4.78, 5) is 18.9. The van der Waals surface area contributed by atoms with Crippen LogP contribution < -0.4 is 10.3 Å². The molecular weight excluding hydrogens is 416 g/mol. The van der Waals surface area contributed by atoms with Crippen molar-refractivity contribution in [2.75, 3.05) is 18.0 Å². The molecule has 156 valence electrons. The lowest BCUT2D eigenvalue weighted by Gasteiger charge is -2.34. The molecular formula is C23H25ClN4OS. The van der Waals surface area contributed by atoms with E-state index in [1.54, 1.807) is 0 Å². The lowest BCUT2D eigenvalue weighted by atomic mass is 9.93. The second-order valence-electron chi connectivity index (χ2n) is 7.88. The fraction of sp³-hybridized carbons (Fsp3) is 0.348. The quantitative estimate of drug-likeness (QED) is 0.506. The highest BCUT2D eigenvalue weighted by Crippen LogP contribution is 2.35. The number of hydrogen-bond donors (Lipinski definition) is 1. The number of carbonyl (C=O) groups excluding carboxylic acids is 1. The summed E-state index contributed by atoms with van der Waals surface area (Å²) in [5.41, 5.74) is 8.07. The van der Waals surface area contributed by atoms with E-state index in [1.165, 1.54) is 23.0 Å². The Balaban J connectivity index is 1.72. The number of rotatable bonds is 3. The summed E-state index contributed by atoms with van der Waals surface area (Å²) >= 11 is 7.36. The van der Waals surface area contributed by atoms with Crippen molar-refractivity contribution in [1.82, 2.24) is 5.43 Å². The zero-order valence-corrected chi connectivity index (χ0v) is 19.0. The van der Waals surface area contributed by atoms with Crippen LogP contribution in [0.4, 0.5) is 10.5 Å². The van der Waals surface area contributed by atoms with E-state index in [0.717, 1.165) is 47.1 Å². The van der Waals surface area contributed by atoms with E-state index in [9.17, 15) is 4.79 Å². The van der Waals surface area contributed by atoms with E-state index in [0.29, 0.717) is 6.54 Å². The molecule has 0 unspecified atom stereocenters. The van der Waals surface area contributed by atoms with Gasteiger partial charge in [0.2, 0.25) is 0 Å². The van der Waals surface area contributed by atoms with Gasteiger partial charge in [0.1, 0.15) is 5.84 Å². The Morgan fingerprint density at radius 1 is 1.27 bits per heavy atom. The summed E-state index contributed by atoms with van der Waals surface area (Å²) in [6.45, 7) is 7.76. The summed E-state index contributed by atoms with van der Waals surface area (Å²) in [6.07, 6.45) is 2.06. The zero-order valence-electron chi connectivity index (χ0n) is 17.4. The zero-order chi connectivity index (χ0) is 21.3. The Kier molecular flexibility index (Phi) is 5.89. The van der Waals surface area contributed by atoms with E-state index < -0.39 is 0 Å². The van der Waals surface area contributed by atoms with Crippen LogP contribution in [0.3, 0.4) is 0 Å². The van der Waals surface area contributed by atoms with Gasteiger partial charge in [0.15, 0.2) is 0 Å². The number of nitrogens with zero attached hydrogens (tertiary/aromatic N) is 3. The molecule has 0 radical (unpaired) electrons. The molecule has 2 aliphatic heterocycles. The summed E-state index contributed by atoms with van der Waals surface area (Å²) in [6, 6.07) is 14.3. The molecule has 1 N–H and O–H groups in total. The molecule has 2 aliphatic rings. The largest absolute Gasteiger partial charge is 0.326 e. The molecule has 0 spiro atoms. The van der Waals surface area contributed by atoms with E-state index in [-0.39, 0.29) is 9.99 Å². The molecule has 4 rings (SSSR count). The van der Waals surface area contributed by atoms with Crippen LogP contribution in [0.15, 0.2) is 52.6 Å². The first-order valence-electron chi connectivity index (χ1n) is 10.2. The van der Waals surface area contributed by atoms with Crippen LogP contribution >= 0.6 is 23.4 Å². The number of carbonyl (C=O) groups is 1. The highest BCUT2D eigenvalue weighted by atomic mass is 35.5. The number of aryl methyl sites for hydroxylation is 1. The van der Waals surface area contributed by atoms with Gasteiger partial charge in [-0.05, 0) is 81.1 Å². The second-order valence-corrected chi connectivity index (χ2v) is 9.91. The maximum absolute atomic E-state index is 11.7. The van der Waals surface area contributed by atoms with E-state index in [2.05, 4.69) is 40.5 Å². The average molecular weight is 441 g/mol. The van der Waals surface area contributed by atoms with E-state index in [1.807, 2.05) is 38.1 Å². The fourth-order valence-electron chi connectivity index (χ4n) is 4.00. The average Bonchev–Trinajstić information content (AvgIpc) is 2.71. The number of fused-ring (bicyclic) bond motifs is 1. The predicted molar refractivity (Wildman–Crippen MR) is 127 cm³/mol. The molecule has 0 saturated heterocycles. The third kappa shape index (κ3) is 4.12. The Morgan fingerprint density at radius 2 is 2.03 bits per heavy atom. The first-order chi connectivity index (χ1) is 14.4. The van der Waals surface area contributed by atoms with Gasteiger partial charge in [-0.1, -0.05) is 29.4 Å². The van der Waals surface area contributed by atoms with Gasteiger partial charge in [0, 0.05) is 29.4 Å². The number of anilines is 1. The molecule has 2 aromatic carbocycles. The minimum Gasteiger partial charge on any atom is -0.326 e. The van der Waals surface area contributed by atoms with Crippen molar-refractivity contribution in [2.24, 2.45) is 10.1 Å². The molecule has 0 bridgehead atoms. The maximum Gasteiger partial charge on any atom is 0.300 e. The molecule has 1 amide bonds. The first-order valence-corrected chi connectivity index (χ1v) is 11.4. The maximum atomic E-state index is 11.7. The molecule has 0 atom stereocenters. The lowest BCUT2D eigenvalue weighted by molar-refractivity contribution is 0.260. The topological polar surface area (TPSA) is 57.1 Å². The number of thioether (sulfide) groups is 1. The highest BCUT2D eigenvalue weighted by Gasteiger charge is 2.34. The van der Waals surface area contributed by atoms with Crippen LogP contribution in [0.2, 0.25) is 5.02 Å². The summed E-state index contributed by atoms with van der Waals surface area (Å²) in [7, 11) is 0. The number of amidine groups is 1. The van der Waals surface area contributed by atoms with Crippen LogP contribution in [0.1, 0.15) is 43.9 Å². The minimum atomic E-state index is -0.372. The molecule has 2 aromatic rings. The van der Waals surface area contributed by atoms with Gasteiger partial charge in [-0.25, -0.2) is 5.43 Å². The normalized spacial score (nSPS) is 18.5. The van der Waals surface area contributed by atoms with Crippen LogP contribution in [0, 0.1) is 0 Å². The van der Waals surface area contributed by atoms with Gasteiger partial charge in [-0.2, -0.15) is 5.10 Å². The lowest BCUT2D eigenvalue weighted by Crippen LogP contribution is -2.39. The van der Waals surface area contributed by atoms with Gasteiger partial charge in [0.25, 0.3) is 5.24 Å². The van der Waals surface area contributed by atoms with Crippen molar-refractivity contribution >= 4 is 45.8 Å². The number of nitrogens with one attached hydrogen (secondary N) is 1. The predicted octanol–water partition coefficient (Wildman–Crippen LogP) is 5.50. The van der Waals surface area contributed by atoms with Crippen molar-refractivity contribution in [1.29, 1.82) is 0 Å². The second kappa shape index (κ2) is 8.44. The Hall–Kier alpha value is -2.31. The molecule has 0 aromatic heterocycles. The summed E-state index contributed by atoms with van der Waals surface area (Å²) in [5.74, 6) is 0.973. The molecule has 0 aliphatic carbocycles. The van der Waals surface area contributed by atoms with Gasteiger partial charge in [-0.15, -0.1) is 0 Å². The fourth-order valence-corrected chi connectivity index (χ4v) is 4.94. The van der Waals surface area contributed by atoms with Crippen molar-refractivity contribution in [2.45, 2.75) is 38.4 Å². The molecule has 5 nitrogen and oxygen atoms in total. The summed E-state index contributed by atoms with van der Waals surface area (Å²) < 4.78 is -0.372. The number of amides is 1. The molecule has 2 heterocycles. The number of hydrogen-bond acceptors (Lipinski definition) is 4. The number of benzene rings is 2. The monoisotopic (exact) mass is 440 g/mol. The Labute approximate surface area is 186 Å². The molecule has 30 heavy (non-hydrogen) atoms. The van der Waals surface area contributed by atoms with Gasteiger partial charge < -0.3 is 4.90 Å². The van der Waals surface area contributed by atoms with Crippen LogP contribution in [-0.2, 0) is 6.42 Å².